The van der Waals surface area contributed by atoms with Crippen LogP contribution in [0.25, 0.3) is 0 Å². The molecule has 0 saturated heterocycles. The van der Waals surface area contributed by atoms with Crippen LogP contribution in [0.2, 0.25) is 5.02 Å². The van der Waals surface area contributed by atoms with Gasteiger partial charge in [-0.05, 0) is 29.8 Å². The number of amides is 2. The normalized spacial score (nSPS) is 15.7. The van der Waals surface area contributed by atoms with Crippen molar-refractivity contribution < 1.29 is 19.4 Å². The molecular formula is C21H22ClN5O6. The highest BCUT2D eigenvalue weighted by Gasteiger charge is 2.40. The lowest BCUT2D eigenvalue weighted by molar-refractivity contribution is -0.562. The Morgan fingerprint density at radius 3 is 2.48 bits per heavy atom. The summed E-state index contributed by atoms with van der Waals surface area (Å²) in [7, 11) is 1.31. The predicted molar refractivity (Wildman–Crippen MR) is 123 cm³/mol. The van der Waals surface area contributed by atoms with E-state index >= 15 is 0 Å². The summed E-state index contributed by atoms with van der Waals surface area (Å²) in [5.74, 6) is -0.341. The molecule has 1 heterocycles. The Bertz CT molecular complexity index is 1120. The van der Waals surface area contributed by atoms with E-state index in [1.165, 1.54) is 44.2 Å². The molecule has 0 bridgehead atoms. The minimum absolute atomic E-state index is 0.0595. The monoisotopic (exact) mass is 475 g/mol. The van der Waals surface area contributed by atoms with Crippen molar-refractivity contribution in [3.63, 3.8) is 0 Å². The predicted octanol–water partition coefficient (Wildman–Crippen LogP) is 4.57. The fourth-order valence-corrected chi connectivity index (χ4v) is 3.65. The van der Waals surface area contributed by atoms with Gasteiger partial charge >= 0.3 is 11.7 Å². The maximum atomic E-state index is 12.9. The summed E-state index contributed by atoms with van der Waals surface area (Å²) in [6.07, 6.45) is 0.152. The molecule has 174 valence electrons. The van der Waals surface area contributed by atoms with Crippen LogP contribution in [0.5, 0.6) is 5.75 Å². The van der Waals surface area contributed by atoms with Gasteiger partial charge in [-0.25, -0.2) is 9.80 Å². The molecule has 0 fully saturated rings. The van der Waals surface area contributed by atoms with Crippen LogP contribution in [-0.2, 0) is 0 Å². The van der Waals surface area contributed by atoms with Gasteiger partial charge in [0.15, 0.2) is 5.75 Å². The maximum absolute atomic E-state index is 12.9. The minimum Gasteiger partial charge on any atom is -0.490 e. The van der Waals surface area contributed by atoms with Crippen molar-refractivity contribution in [3.05, 3.63) is 73.3 Å². The van der Waals surface area contributed by atoms with Crippen molar-refractivity contribution in [3.8, 4) is 5.75 Å². The number of urea groups is 1. The van der Waals surface area contributed by atoms with Gasteiger partial charge in [0.05, 0.1) is 24.3 Å². The average molecular weight is 476 g/mol. The van der Waals surface area contributed by atoms with Gasteiger partial charge in [0.25, 0.3) is 0 Å². The van der Waals surface area contributed by atoms with Crippen LogP contribution in [0.1, 0.15) is 25.8 Å². The molecule has 0 spiro atoms. The van der Waals surface area contributed by atoms with Gasteiger partial charge in [0.2, 0.25) is 5.54 Å². The van der Waals surface area contributed by atoms with Crippen LogP contribution < -0.4 is 10.1 Å². The smallest absolute Gasteiger partial charge is 0.342 e. The number of hydrazone groups is 1. The van der Waals surface area contributed by atoms with E-state index in [2.05, 4.69) is 10.4 Å². The Balaban J connectivity index is 1.87. The number of carbonyl (C=O) groups excluding carboxylic acids is 1. The Labute approximate surface area is 194 Å². The van der Waals surface area contributed by atoms with E-state index in [1.54, 1.807) is 24.3 Å². The fraction of sp³-hybridized carbons (Fsp3) is 0.333. The summed E-state index contributed by atoms with van der Waals surface area (Å²) in [6, 6.07) is 10.2. The highest BCUT2D eigenvalue weighted by atomic mass is 35.5. The van der Waals surface area contributed by atoms with Crippen LogP contribution in [0.15, 0.2) is 47.6 Å². The summed E-state index contributed by atoms with van der Waals surface area (Å²) >= 11 is 5.97. The first-order valence-corrected chi connectivity index (χ1v) is 10.3. The minimum atomic E-state index is -1.24. The number of nitro groups is 2. The lowest BCUT2D eigenvalue weighted by atomic mass is 9.86. The number of hydrogen-bond acceptors (Lipinski definition) is 7. The zero-order valence-electron chi connectivity index (χ0n) is 18.1. The Morgan fingerprint density at radius 2 is 1.91 bits per heavy atom. The molecule has 3 rings (SSSR count). The molecule has 1 unspecified atom stereocenters. The summed E-state index contributed by atoms with van der Waals surface area (Å²) in [5, 5.41) is 31.4. The molecule has 12 heteroatoms. The van der Waals surface area contributed by atoms with Crippen LogP contribution >= 0.6 is 11.6 Å². The number of methoxy groups -OCH3 is 1. The fourth-order valence-electron chi connectivity index (χ4n) is 3.53. The molecule has 2 aromatic carbocycles. The van der Waals surface area contributed by atoms with Gasteiger partial charge in [-0.2, -0.15) is 5.10 Å². The molecule has 0 aromatic heterocycles. The highest BCUT2D eigenvalue weighted by Crippen LogP contribution is 2.32. The van der Waals surface area contributed by atoms with E-state index in [0.29, 0.717) is 16.3 Å². The molecule has 1 atom stereocenters. The van der Waals surface area contributed by atoms with Crippen molar-refractivity contribution in [2.75, 3.05) is 19.0 Å². The Morgan fingerprint density at radius 1 is 1.24 bits per heavy atom. The van der Waals surface area contributed by atoms with E-state index in [9.17, 15) is 25.0 Å². The van der Waals surface area contributed by atoms with Crippen molar-refractivity contribution in [1.82, 2.24) is 5.01 Å². The van der Waals surface area contributed by atoms with Gasteiger partial charge in [0, 0.05) is 47.9 Å². The molecule has 1 N–H and O–H groups in total. The topological polar surface area (TPSA) is 140 Å². The number of ether oxygens (including phenoxy) is 1. The van der Waals surface area contributed by atoms with Gasteiger partial charge in [-0.15, -0.1) is 0 Å². The second-order valence-electron chi connectivity index (χ2n) is 8.12. The summed E-state index contributed by atoms with van der Waals surface area (Å²) in [6.45, 7) is 3.15. The van der Waals surface area contributed by atoms with Crippen molar-refractivity contribution in [2.45, 2.75) is 25.8 Å². The van der Waals surface area contributed by atoms with Gasteiger partial charge < -0.3 is 10.1 Å². The third-order valence-corrected chi connectivity index (χ3v) is 5.50. The van der Waals surface area contributed by atoms with Gasteiger partial charge in [-0.1, -0.05) is 23.7 Å². The van der Waals surface area contributed by atoms with Crippen LogP contribution in [-0.4, -0.2) is 45.8 Å². The molecule has 0 aliphatic carbocycles. The number of halogens is 1. The molecule has 33 heavy (non-hydrogen) atoms. The zero-order valence-corrected chi connectivity index (χ0v) is 18.9. The quantitative estimate of drug-likeness (QED) is 0.459. The van der Waals surface area contributed by atoms with E-state index in [1.807, 2.05) is 0 Å². The standard InChI is InChI=1S/C21H22ClN5O6/c1-21(2,27(31)32)11-14-12-25(24-19(14)13-4-6-15(22)7-5-13)20(28)23-16-8-9-18(33-3)17(10-16)26(29)30/h4-10,14H,11-12H2,1-3H3,(H,23,28). The van der Waals surface area contributed by atoms with Crippen LogP contribution in [0.3, 0.4) is 0 Å². The van der Waals surface area contributed by atoms with Gasteiger partial charge in [0.1, 0.15) is 0 Å². The molecule has 1 aliphatic heterocycles. The number of carbonyl (C=O) groups is 1. The summed E-state index contributed by atoms with van der Waals surface area (Å²) in [4.78, 5) is 34.6. The number of rotatable bonds is 7. The number of benzene rings is 2. The third kappa shape index (κ3) is 5.37. The molecule has 2 aromatic rings. The summed E-state index contributed by atoms with van der Waals surface area (Å²) in [5.41, 5.74) is -0.130. The molecule has 2 amide bonds. The summed E-state index contributed by atoms with van der Waals surface area (Å²) < 4.78 is 4.97. The lowest BCUT2D eigenvalue weighted by Gasteiger charge is -2.21. The highest BCUT2D eigenvalue weighted by molar-refractivity contribution is 6.30. The molecule has 0 saturated carbocycles. The first kappa shape index (κ1) is 23.9. The molecule has 1 aliphatic rings. The number of nitrogens with zero attached hydrogens (tertiary/aromatic N) is 4. The number of anilines is 1. The van der Waals surface area contributed by atoms with Crippen LogP contribution in [0.4, 0.5) is 16.2 Å². The van der Waals surface area contributed by atoms with E-state index in [0.717, 1.165) is 0 Å². The second-order valence-corrected chi connectivity index (χ2v) is 8.56. The first-order chi connectivity index (χ1) is 15.5. The maximum Gasteiger partial charge on any atom is 0.342 e. The zero-order chi connectivity index (χ0) is 24.3. The van der Waals surface area contributed by atoms with Crippen LogP contribution in [0, 0.1) is 26.1 Å². The van der Waals surface area contributed by atoms with E-state index in [-0.39, 0.29) is 35.0 Å². The van der Waals surface area contributed by atoms with E-state index < -0.39 is 22.4 Å². The Hall–Kier alpha value is -3.73. The average Bonchev–Trinajstić information content (AvgIpc) is 3.17. The van der Waals surface area contributed by atoms with Gasteiger partial charge in [-0.3, -0.25) is 20.2 Å². The third-order valence-electron chi connectivity index (χ3n) is 5.25. The first-order valence-electron chi connectivity index (χ1n) is 9.91. The van der Waals surface area contributed by atoms with Crippen molar-refractivity contribution in [2.24, 2.45) is 11.0 Å². The van der Waals surface area contributed by atoms with Crippen molar-refractivity contribution in [1.29, 1.82) is 0 Å². The lowest BCUT2D eigenvalue weighted by Crippen LogP contribution is -2.37. The number of nitrogens with one attached hydrogen (secondary N) is 1. The molecular weight excluding hydrogens is 454 g/mol. The Kier molecular flexibility index (Phi) is 6.82. The SMILES string of the molecule is COc1ccc(NC(=O)N2CC(CC(C)(C)[N+](=O)[O-])C(c3ccc(Cl)cc3)=N2)cc1[N+](=O)[O-]. The van der Waals surface area contributed by atoms with E-state index in [4.69, 9.17) is 16.3 Å². The number of nitro benzene ring substituents is 1. The van der Waals surface area contributed by atoms with Crippen molar-refractivity contribution >= 4 is 34.7 Å². The second kappa shape index (κ2) is 9.41. The largest absolute Gasteiger partial charge is 0.490 e. The number of hydrogen-bond donors (Lipinski definition) is 1. The molecule has 0 radical (unpaired) electrons. The molecule has 11 nitrogen and oxygen atoms in total.